The smallest absolute Gasteiger partial charge is 0.409 e. The predicted octanol–water partition coefficient (Wildman–Crippen LogP) is 3.32. The number of hydrogen-bond donors (Lipinski definition) is 1. The first kappa shape index (κ1) is 22.2. The molecule has 1 aliphatic heterocycles. The van der Waals surface area contributed by atoms with Gasteiger partial charge in [-0.1, -0.05) is 24.3 Å². The van der Waals surface area contributed by atoms with Gasteiger partial charge in [-0.15, -0.1) is 0 Å². The van der Waals surface area contributed by atoms with Crippen molar-refractivity contribution < 1.29 is 26.7 Å². The number of halogens is 2. The lowest BCUT2D eigenvalue weighted by molar-refractivity contribution is 0.0792. The van der Waals surface area contributed by atoms with Crippen molar-refractivity contribution >= 4 is 16.1 Å². The number of carbonyl (C=O) groups is 1. The molecule has 2 unspecified atom stereocenters. The Morgan fingerprint density at radius 2 is 1.87 bits per heavy atom. The van der Waals surface area contributed by atoms with E-state index in [1.165, 1.54) is 24.1 Å². The number of carbonyl (C=O) groups excluding carboxylic acids is 1. The molecule has 9 heteroatoms. The molecule has 1 heterocycles. The van der Waals surface area contributed by atoms with Crippen LogP contribution >= 0.6 is 0 Å². The van der Waals surface area contributed by atoms with Crippen LogP contribution in [0.5, 0.6) is 0 Å². The van der Waals surface area contributed by atoms with Gasteiger partial charge in [0.2, 0.25) is 10.0 Å². The molecule has 0 aliphatic carbocycles. The van der Waals surface area contributed by atoms with Gasteiger partial charge in [-0.2, -0.15) is 0 Å². The van der Waals surface area contributed by atoms with Crippen LogP contribution in [-0.2, 0) is 21.2 Å². The molecule has 0 bridgehead atoms. The fraction of sp³-hybridized carbons (Fsp3) is 0.381. The molecule has 162 valence electrons. The van der Waals surface area contributed by atoms with Gasteiger partial charge in [0.1, 0.15) is 11.6 Å². The summed E-state index contributed by atoms with van der Waals surface area (Å²) < 4.78 is 58.4. The van der Waals surface area contributed by atoms with Crippen LogP contribution in [0.15, 0.2) is 42.5 Å². The maximum atomic E-state index is 13.6. The van der Waals surface area contributed by atoms with Gasteiger partial charge in [-0.05, 0) is 48.1 Å². The Morgan fingerprint density at radius 1 is 1.17 bits per heavy atom. The van der Waals surface area contributed by atoms with Crippen molar-refractivity contribution in [1.82, 2.24) is 9.62 Å². The Labute approximate surface area is 174 Å². The highest BCUT2D eigenvalue weighted by molar-refractivity contribution is 7.88. The van der Waals surface area contributed by atoms with Gasteiger partial charge in [-0.3, -0.25) is 0 Å². The van der Waals surface area contributed by atoms with Gasteiger partial charge in [-0.25, -0.2) is 26.7 Å². The third kappa shape index (κ3) is 5.54. The van der Waals surface area contributed by atoms with Gasteiger partial charge >= 0.3 is 6.09 Å². The minimum Gasteiger partial charge on any atom is -0.453 e. The van der Waals surface area contributed by atoms with Gasteiger partial charge in [0.05, 0.1) is 19.4 Å². The second kappa shape index (κ2) is 9.09. The summed E-state index contributed by atoms with van der Waals surface area (Å²) in [7, 11) is -2.19. The second-order valence-corrected chi connectivity index (χ2v) is 9.21. The quantitative estimate of drug-likeness (QED) is 0.777. The van der Waals surface area contributed by atoms with E-state index in [-0.39, 0.29) is 0 Å². The van der Waals surface area contributed by atoms with E-state index >= 15 is 0 Å². The molecule has 0 saturated carbocycles. The van der Waals surface area contributed by atoms with E-state index in [1.54, 1.807) is 18.2 Å². The Morgan fingerprint density at radius 3 is 2.50 bits per heavy atom. The number of benzene rings is 2. The van der Waals surface area contributed by atoms with Crippen LogP contribution in [0.2, 0.25) is 0 Å². The van der Waals surface area contributed by atoms with Crippen molar-refractivity contribution in [1.29, 1.82) is 0 Å². The summed E-state index contributed by atoms with van der Waals surface area (Å²) in [5.41, 5.74) is 1.82. The zero-order valence-electron chi connectivity index (χ0n) is 16.8. The molecular weight excluding hydrogens is 414 g/mol. The number of rotatable bonds is 5. The Bertz CT molecular complexity index is 1010. The highest BCUT2D eigenvalue weighted by atomic mass is 32.2. The van der Waals surface area contributed by atoms with Crippen LogP contribution in [0, 0.1) is 11.6 Å². The zero-order valence-corrected chi connectivity index (χ0v) is 17.6. The number of amides is 1. The molecule has 1 N–H and O–H groups in total. The van der Waals surface area contributed by atoms with E-state index in [0.29, 0.717) is 36.9 Å². The van der Waals surface area contributed by atoms with Crippen molar-refractivity contribution in [3.63, 3.8) is 0 Å². The fourth-order valence-electron chi connectivity index (χ4n) is 3.91. The van der Waals surface area contributed by atoms with E-state index in [9.17, 15) is 22.0 Å². The molecule has 0 spiro atoms. The van der Waals surface area contributed by atoms with Crippen LogP contribution in [0.25, 0.3) is 11.1 Å². The minimum atomic E-state index is -3.48. The normalized spacial score (nSPS) is 19.5. The van der Waals surface area contributed by atoms with Crippen LogP contribution < -0.4 is 4.72 Å². The molecule has 6 nitrogen and oxygen atoms in total. The number of sulfonamides is 1. The number of methoxy groups -OCH3 is 1. The molecule has 2 aromatic rings. The summed E-state index contributed by atoms with van der Waals surface area (Å²) in [6.07, 6.45) is 2.14. The van der Waals surface area contributed by atoms with Crippen molar-refractivity contribution in [3.8, 4) is 11.1 Å². The standard InChI is InChI=1S/C21H24F2N2O4S/c1-29-21(26)25-8-4-7-19(24-30(2,27)28)20(25)10-14-5-3-6-15(9-14)16-11-17(22)13-18(23)12-16/h3,5-6,9,11-13,19-20,24H,4,7-8,10H2,1-2H3. The van der Waals surface area contributed by atoms with Gasteiger partial charge in [0.15, 0.2) is 0 Å². The molecule has 3 rings (SSSR count). The van der Waals surface area contributed by atoms with Crippen LogP contribution in [0.4, 0.5) is 13.6 Å². The van der Waals surface area contributed by atoms with E-state index < -0.39 is 39.8 Å². The average Bonchev–Trinajstić information content (AvgIpc) is 2.67. The summed E-state index contributed by atoms with van der Waals surface area (Å²) in [5.74, 6) is -1.34. The lowest BCUT2D eigenvalue weighted by atomic mass is 9.90. The highest BCUT2D eigenvalue weighted by Gasteiger charge is 2.36. The van der Waals surface area contributed by atoms with Gasteiger partial charge in [0.25, 0.3) is 0 Å². The topological polar surface area (TPSA) is 75.7 Å². The van der Waals surface area contributed by atoms with Gasteiger partial charge in [0, 0.05) is 18.7 Å². The molecule has 1 saturated heterocycles. The SMILES string of the molecule is COC(=O)N1CCCC(NS(C)(=O)=O)C1Cc1cccc(-c2cc(F)cc(F)c2)c1. The number of likely N-dealkylation sites (tertiary alicyclic amines) is 1. The summed E-state index contributed by atoms with van der Waals surface area (Å²) in [6.45, 7) is 0.452. The largest absolute Gasteiger partial charge is 0.453 e. The first-order chi connectivity index (χ1) is 14.2. The monoisotopic (exact) mass is 438 g/mol. The lowest BCUT2D eigenvalue weighted by Gasteiger charge is -2.40. The number of ether oxygens (including phenoxy) is 1. The Balaban J connectivity index is 1.92. The van der Waals surface area contributed by atoms with E-state index in [4.69, 9.17) is 4.74 Å². The van der Waals surface area contributed by atoms with Crippen molar-refractivity contribution in [3.05, 3.63) is 59.7 Å². The number of piperidine rings is 1. The predicted molar refractivity (Wildman–Crippen MR) is 109 cm³/mol. The molecule has 0 radical (unpaired) electrons. The summed E-state index contributed by atoms with van der Waals surface area (Å²) in [6, 6.07) is 9.50. The van der Waals surface area contributed by atoms with Crippen molar-refractivity contribution in [2.75, 3.05) is 19.9 Å². The van der Waals surface area contributed by atoms with Crippen LogP contribution in [0.1, 0.15) is 18.4 Å². The van der Waals surface area contributed by atoms with E-state index in [2.05, 4.69) is 4.72 Å². The number of nitrogens with zero attached hydrogens (tertiary/aromatic N) is 1. The maximum Gasteiger partial charge on any atom is 0.409 e. The molecule has 1 fully saturated rings. The first-order valence-corrected chi connectivity index (χ1v) is 11.4. The number of hydrogen-bond acceptors (Lipinski definition) is 4. The first-order valence-electron chi connectivity index (χ1n) is 9.53. The fourth-order valence-corrected chi connectivity index (χ4v) is 4.73. The lowest BCUT2D eigenvalue weighted by Crippen LogP contribution is -2.57. The second-order valence-electron chi connectivity index (χ2n) is 7.43. The number of nitrogens with one attached hydrogen (secondary N) is 1. The zero-order chi connectivity index (χ0) is 21.9. The molecule has 1 aliphatic rings. The molecule has 1 amide bonds. The Hall–Kier alpha value is -2.52. The molecular formula is C21H24F2N2O4S. The molecule has 0 aromatic heterocycles. The third-order valence-electron chi connectivity index (χ3n) is 5.12. The van der Waals surface area contributed by atoms with Crippen molar-refractivity contribution in [2.24, 2.45) is 0 Å². The minimum absolute atomic E-state index is 0.355. The maximum absolute atomic E-state index is 13.6. The average molecular weight is 438 g/mol. The van der Waals surface area contributed by atoms with Gasteiger partial charge < -0.3 is 9.64 Å². The summed E-state index contributed by atoms with van der Waals surface area (Å²) in [4.78, 5) is 13.8. The molecule has 30 heavy (non-hydrogen) atoms. The summed E-state index contributed by atoms with van der Waals surface area (Å²) >= 11 is 0. The summed E-state index contributed by atoms with van der Waals surface area (Å²) in [5, 5.41) is 0. The molecule has 2 atom stereocenters. The third-order valence-corrected chi connectivity index (χ3v) is 5.85. The van der Waals surface area contributed by atoms with Crippen LogP contribution in [0.3, 0.4) is 0 Å². The Kier molecular flexibility index (Phi) is 6.72. The van der Waals surface area contributed by atoms with E-state index in [1.807, 2.05) is 6.07 Å². The molecule has 2 aromatic carbocycles. The van der Waals surface area contributed by atoms with Crippen LogP contribution in [-0.4, -0.2) is 51.4 Å². The highest BCUT2D eigenvalue weighted by Crippen LogP contribution is 2.26. The van der Waals surface area contributed by atoms with Crippen molar-refractivity contribution in [2.45, 2.75) is 31.3 Å². The van der Waals surface area contributed by atoms with E-state index in [0.717, 1.165) is 17.9 Å².